The van der Waals surface area contributed by atoms with Crippen LogP contribution in [0.1, 0.15) is 43.0 Å². The fourth-order valence-electron chi connectivity index (χ4n) is 4.77. The van der Waals surface area contributed by atoms with Gasteiger partial charge in [-0.15, -0.1) is 0 Å². The van der Waals surface area contributed by atoms with Gasteiger partial charge in [0.05, 0.1) is 38.0 Å². The molecule has 2 fully saturated rings. The summed E-state index contributed by atoms with van der Waals surface area (Å²) >= 11 is 0. The highest BCUT2D eigenvalue weighted by Gasteiger charge is 2.46. The molecule has 8 nitrogen and oxygen atoms in total. The van der Waals surface area contributed by atoms with E-state index in [0.29, 0.717) is 50.8 Å². The molecule has 198 valence electrons. The van der Waals surface area contributed by atoms with E-state index in [1.807, 2.05) is 45.0 Å². The number of aliphatic hydroxyl groups excluding tert-OH is 1. The van der Waals surface area contributed by atoms with Crippen LogP contribution in [0.25, 0.3) is 5.76 Å². The topological polar surface area (TPSA) is 88.5 Å². The van der Waals surface area contributed by atoms with Crippen LogP contribution < -0.4 is 9.47 Å². The van der Waals surface area contributed by atoms with Crippen molar-refractivity contribution >= 4 is 17.4 Å². The molecule has 0 spiro atoms. The number of hydrogen-bond donors (Lipinski definition) is 1. The number of benzene rings is 2. The van der Waals surface area contributed by atoms with Gasteiger partial charge >= 0.3 is 0 Å². The first-order valence-corrected chi connectivity index (χ1v) is 13.0. The summed E-state index contributed by atoms with van der Waals surface area (Å²) in [6.07, 6.45) is 0.894. The first kappa shape index (κ1) is 26.7. The maximum Gasteiger partial charge on any atom is 0.295 e. The molecule has 0 aliphatic carbocycles. The van der Waals surface area contributed by atoms with Crippen LogP contribution in [0.3, 0.4) is 0 Å². The Morgan fingerprint density at radius 2 is 1.76 bits per heavy atom. The number of hydrogen-bond acceptors (Lipinski definition) is 7. The second kappa shape index (κ2) is 12.3. The summed E-state index contributed by atoms with van der Waals surface area (Å²) in [5.41, 5.74) is 2.15. The van der Waals surface area contributed by atoms with Gasteiger partial charge in [-0.05, 0) is 61.7 Å². The number of Topliss-reactive ketones (excluding diaryl/α,β-unsaturated/α-hetero) is 1. The van der Waals surface area contributed by atoms with Gasteiger partial charge in [0.2, 0.25) is 0 Å². The van der Waals surface area contributed by atoms with Gasteiger partial charge in [-0.1, -0.05) is 19.1 Å². The second-order valence-electron chi connectivity index (χ2n) is 9.28. The highest BCUT2D eigenvalue weighted by molar-refractivity contribution is 6.46. The SMILES string of the molecule is CCCOc1ccc(C2/C(=C(\O)c3ccc(OCC)c(C)c3)C(=O)C(=O)N2CCN2CCOCC2)cc1. The summed E-state index contributed by atoms with van der Waals surface area (Å²) in [4.78, 5) is 30.4. The number of ether oxygens (including phenoxy) is 3. The molecule has 2 saturated heterocycles. The third kappa shape index (κ3) is 5.97. The molecule has 1 amide bonds. The fraction of sp³-hybridized carbons (Fsp3) is 0.448. The second-order valence-corrected chi connectivity index (χ2v) is 9.28. The number of ketones is 1. The molecule has 0 bridgehead atoms. The Hall–Kier alpha value is -3.36. The standard InChI is InChI=1S/C29H36N2O6/c1-4-16-37-23-9-6-21(7-10-23)26-25(27(32)22-8-11-24(36-5-2)20(3)19-22)28(33)29(34)31(26)13-12-30-14-17-35-18-15-30/h6-11,19,26,32H,4-5,12-18H2,1-3H3/b27-25+. The number of nitrogens with zero attached hydrogens (tertiary/aromatic N) is 2. The molecule has 2 heterocycles. The predicted octanol–water partition coefficient (Wildman–Crippen LogP) is 3.94. The average Bonchev–Trinajstić information content (AvgIpc) is 3.17. The van der Waals surface area contributed by atoms with Gasteiger partial charge in [0, 0.05) is 31.7 Å². The quantitative estimate of drug-likeness (QED) is 0.295. The fourth-order valence-corrected chi connectivity index (χ4v) is 4.77. The zero-order valence-electron chi connectivity index (χ0n) is 21.9. The maximum absolute atomic E-state index is 13.3. The van der Waals surface area contributed by atoms with Crippen LogP contribution in [0.15, 0.2) is 48.0 Å². The first-order chi connectivity index (χ1) is 17.9. The number of morpholine rings is 1. The number of rotatable bonds is 10. The van der Waals surface area contributed by atoms with Gasteiger partial charge in [0.15, 0.2) is 0 Å². The van der Waals surface area contributed by atoms with E-state index in [1.54, 1.807) is 23.1 Å². The lowest BCUT2D eigenvalue weighted by atomic mass is 9.94. The van der Waals surface area contributed by atoms with Crippen LogP contribution in [0.4, 0.5) is 0 Å². The molecule has 0 saturated carbocycles. The van der Waals surface area contributed by atoms with Crippen LogP contribution >= 0.6 is 0 Å². The zero-order chi connectivity index (χ0) is 26.4. The molecule has 1 N–H and O–H groups in total. The van der Waals surface area contributed by atoms with Crippen molar-refractivity contribution in [3.63, 3.8) is 0 Å². The molecule has 4 rings (SSSR count). The van der Waals surface area contributed by atoms with Crippen molar-refractivity contribution in [2.75, 3.05) is 52.6 Å². The number of amides is 1. The highest BCUT2D eigenvalue weighted by Crippen LogP contribution is 2.40. The molecule has 37 heavy (non-hydrogen) atoms. The van der Waals surface area contributed by atoms with E-state index >= 15 is 0 Å². The molecular weight excluding hydrogens is 472 g/mol. The average molecular weight is 509 g/mol. The summed E-state index contributed by atoms with van der Waals surface area (Å²) in [6, 6.07) is 12.0. The number of carbonyl (C=O) groups excluding carboxylic acids is 2. The van der Waals surface area contributed by atoms with Crippen molar-refractivity contribution in [1.82, 2.24) is 9.80 Å². The van der Waals surface area contributed by atoms with E-state index in [0.717, 1.165) is 36.4 Å². The molecule has 2 aromatic rings. The molecular formula is C29H36N2O6. The molecule has 8 heteroatoms. The van der Waals surface area contributed by atoms with Gasteiger partial charge in [-0.3, -0.25) is 14.5 Å². The summed E-state index contributed by atoms with van der Waals surface area (Å²) in [7, 11) is 0. The van der Waals surface area contributed by atoms with Crippen LogP contribution in [-0.2, 0) is 14.3 Å². The number of likely N-dealkylation sites (tertiary alicyclic amines) is 1. The summed E-state index contributed by atoms with van der Waals surface area (Å²) in [5.74, 6) is -0.0342. The number of aliphatic hydroxyl groups is 1. The largest absolute Gasteiger partial charge is 0.507 e. The molecule has 0 radical (unpaired) electrons. The minimum atomic E-state index is -0.701. The lowest BCUT2D eigenvalue weighted by Crippen LogP contribution is -2.42. The summed E-state index contributed by atoms with van der Waals surface area (Å²) in [5, 5.41) is 11.4. The molecule has 1 unspecified atom stereocenters. The van der Waals surface area contributed by atoms with E-state index in [1.165, 1.54) is 0 Å². The lowest BCUT2D eigenvalue weighted by molar-refractivity contribution is -0.140. The monoisotopic (exact) mass is 508 g/mol. The Kier molecular flexibility index (Phi) is 8.84. The van der Waals surface area contributed by atoms with Crippen molar-refractivity contribution in [1.29, 1.82) is 0 Å². The Morgan fingerprint density at radius 1 is 1.03 bits per heavy atom. The van der Waals surface area contributed by atoms with Crippen LogP contribution in [0.2, 0.25) is 0 Å². The van der Waals surface area contributed by atoms with E-state index < -0.39 is 17.7 Å². The smallest absolute Gasteiger partial charge is 0.295 e. The van der Waals surface area contributed by atoms with E-state index in [-0.39, 0.29) is 11.3 Å². The normalized spacial score (nSPS) is 19.9. The molecule has 0 aromatic heterocycles. The van der Waals surface area contributed by atoms with Crippen LogP contribution in [-0.4, -0.2) is 79.2 Å². The zero-order valence-corrected chi connectivity index (χ0v) is 21.9. The summed E-state index contributed by atoms with van der Waals surface area (Å²) < 4.78 is 16.8. The molecule has 2 aromatic carbocycles. The predicted molar refractivity (Wildman–Crippen MR) is 141 cm³/mol. The Morgan fingerprint density at radius 3 is 2.41 bits per heavy atom. The van der Waals surface area contributed by atoms with Crippen molar-refractivity contribution in [2.24, 2.45) is 0 Å². The Bertz CT molecular complexity index is 1140. The van der Waals surface area contributed by atoms with Gasteiger partial charge in [-0.25, -0.2) is 0 Å². The molecule has 2 aliphatic rings. The van der Waals surface area contributed by atoms with Gasteiger partial charge < -0.3 is 24.2 Å². The number of aryl methyl sites for hydroxylation is 1. The Labute approximate surface area is 218 Å². The van der Waals surface area contributed by atoms with Gasteiger partial charge in [-0.2, -0.15) is 0 Å². The minimum absolute atomic E-state index is 0.0952. The minimum Gasteiger partial charge on any atom is -0.507 e. The maximum atomic E-state index is 13.3. The highest BCUT2D eigenvalue weighted by atomic mass is 16.5. The first-order valence-electron chi connectivity index (χ1n) is 13.0. The third-order valence-corrected chi connectivity index (χ3v) is 6.72. The van der Waals surface area contributed by atoms with E-state index in [9.17, 15) is 14.7 Å². The van der Waals surface area contributed by atoms with E-state index in [2.05, 4.69) is 4.90 Å². The van der Waals surface area contributed by atoms with Crippen molar-refractivity contribution in [3.8, 4) is 11.5 Å². The molecule has 2 aliphatic heterocycles. The lowest BCUT2D eigenvalue weighted by Gasteiger charge is -2.31. The molecule has 1 atom stereocenters. The van der Waals surface area contributed by atoms with Crippen LogP contribution in [0.5, 0.6) is 11.5 Å². The van der Waals surface area contributed by atoms with Crippen molar-refractivity contribution < 1.29 is 28.9 Å². The van der Waals surface area contributed by atoms with Gasteiger partial charge in [0.1, 0.15) is 17.3 Å². The summed E-state index contributed by atoms with van der Waals surface area (Å²) in [6.45, 7) is 10.8. The van der Waals surface area contributed by atoms with Gasteiger partial charge in [0.25, 0.3) is 11.7 Å². The van der Waals surface area contributed by atoms with Crippen molar-refractivity contribution in [2.45, 2.75) is 33.2 Å². The Balaban J connectivity index is 1.71. The van der Waals surface area contributed by atoms with E-state index in [4.69, 9.17) is 14.2 Å². The number of carbonyl (C=O) groups is 2. The third-order valence-electron chi connectivity index (χ3n) is 6.72. The van der Waals surface area contributed by atoms with Crippen LogP contribution in [0, 0.1) is 6.92 Å². The van der Waals surface area contributed by atoms with Crippen molar-refractivity contribution in [3.05, 3.63) is 64.7 Å².